The third-order valence-corrected chi connectivity index (χ3v) is 5.22. The van der Waals surface area contributed by atoms with Gasteiger partial charge in [0.05, 0.1) is 0 Å². The summed E-state index contributed by atoms with van der Waals surface area (Å²) in [6.45, 7) is 9.87. The lowest BCUT2D eigenvalue weighted by atomic mass is 9.71. The molecule has 0 radical (unpaired) electrons. The van der Waals surface area contributed by atoms with Gasteiger partial charge in [-0.05, 0) is 37.0 Å². The molecule has 116 valence electrons. The van der Waals surface area contributed by atoms with E-state index in [2.05, 4.69) is 36.3 Å². The first-order chi connectivity index (χ1) is 9.43. The summed E-state index contributed by atoms with van der Waals surface area (Å²) < 4.78 is 0. The lowest BCUT2D eigenvalue weighted by molar-refractivity contribution is -0.128. The van der Waals surface area contributed by atoms with Gasteiger partial charge in [0.15, 0.2) is 0 Å². The Labute approximate surface area is 123 Å². The topological polar surface area (TPSA) is 44.4 Å². The number of amides is 1. The van der Waals surface area contributed by atoms with E-state index < -0.39 is 0 Å². The summed E-state index contributed by atoms with van der Waals surface area (Å²) in [5, 5.41) is 6.17. The van der Waals surface area contributed by atoms with Crippen molar-refractivity contribution in [1.29, 1.82) is 0 Å². The maximum atomic E-state index is 12.1. The Bertz CT molecular complexity index is 329. The van der Waals surface area contributed by atoms with E-state index in [-0.39, 0.29) is 11.9 Å². The average molecular weight is 281 g/mol. The minimum absolute atomic E-state index is 0.0185. The van der Waals surface area contributed by atoms with Crippen molar-refractivity contribution in [3.8, 4) is 0 Å². The molecule has 1 aliphatic carbocycles. The number of likely N-dealkylation sites (N-methyl/N-ethyl adjacent to an activating group) is 1. The van der Waals surface area contributed by atoms with Crippen LogP contribution >= 0.6 is 0 Å². The van der Waals surface area contributed by atoms with Crippen molar-refractivity contribution >= 4 is 5.91 Å². The van der Waals surface area contributed by atoms with Crippen molar-refractivity contribution in [2.45, 2.75) is 58.5 Å². The Hall–Kier alpha value is -0.610. The third-order valence-electron chi connectivity index (χ3n) is 5.22. The second kappa shape index (κ2) is 6.44. The summed E-state index contributed by atoms with van der Waals surface area (Å²) in [6, 6.07) is 0.614. The number of carbonyl (C=O) groups excluding carboxylic acids is 1. The molecule has 0 aromatic rings. The molecule has 1 heterocycles. The van der Waals surface area contributed by atoms with Crippen LogP contribution in [0.5, 0.6) is 0 Å². The molecule has 0 aromatic heterocycles. The van der Waals surface area contributed by atoms with Gasteiger partial charge in [-0.15, -0.1) is 0 Å². The fourth-order valence-corrected chi connectivity index (χ4v) is 3.84. The zero-order chi connectivity index (χ0) is 14.8. The molecular formula is C16H31N3O. The van der Waals surface area contributed by atoms with Gasteiger partial charge in [0.2, 0.25) is 5.91 Å². The van der Waals surface area contributed by atoms with Gasteiger partial charge in [0, 0.05) is 32.7 Å². The Morgan fingerprint density at radius 1 is 1.20 bits per heavy atom. The number of nitrogens with one attached hydrogen (secondary N) is 2. The van der Waals surface area contributed by atoms with Crippen LogP contribution in [0.25, 0.3) is 0 Å². The van der Waals surface area contributed by atoms with Gasteiger partial charge in [-0.2, -0.15) is 0 Å². The zero-order valence-corrected chi connectivity index (χ0v) is 13.5. The van der Waals surface area contributed by atoms with Crippen molar-refractivity contribution in [1.82, 2.24) is 15.5 Å². The average Bonchev–Trinajstić information content (AvgIpc) is 2.45. The van der Waals surface area contributed by atoms with Gasteiger partial charge in [-0.3, -0.25) is 9.69 Å². The van der Waals surface area contributed by atoms with Gasteiger partial charge in [-0.25, -0.2) is 0 Å². The number of nitrogens with zero attached hydrogens (tertiary/aromatic N) is 1. The van der Waals surface area contributed by atoms with E-state index in [0.29, 0.717) is 11.5 Å². The second-order valence-electron chi connectivity index (χ2n) is 7.44. The highest BCUT2D eigenvalue weighted by Gasteiger charge is 2.37. The van der Waals surface area contributed by atoms with Crippen LogP contribution in [0, 0.1) is 11.3 Å². The van der Waals surface area contributed by atoms with E-state index in [4.69, 9.17) is 0 Å². The van der Waals surface area contributed by atoms with E-state index in [1.807, 2.05) is 0 Å². The van der Waals surface area contributed by atoms with Crippen LogP contribution in [0.15, 0.2) is 0 Å². The SMILES string of the molecule is CNC(=O)C1CNCCN1C1CCC(C(C)(C)C)CC1. The largest absolute Gasteiger partial charge is 0.358 e. The highest BCUT2D eigenvalue weighted by molar-refractivity contribution is 5.81. The molecule has 20 heavy (non-hydrogen) atoms. The Kier molecular flexibility index (Phi) is 5.08. The van der Waals surface area contributed by atoms with Gasteiger partial charge in [-0.1, -0.05) is 20.8 Å². The van der Waals surface area contributed by atoms with E-state index in [1.165, 1.54) is 25.7 Å². The van der Waals surface area contributed by atoms with Crippen LogP contribution in [-0.2, 0) is 4.79 Å². The van der Waals surface area contributed by atoms with Crippen LogP contribution in [-0.4, -0.2) is 49.6 Å². The van der Waals surface area contributed by atoms with Crippen LogP contribution in [0.3, 0.4) is 0 Å². The summed E-state index contributed by atoms with van der Waals surface area (Å²) in [5.41, 5.74) is 0.425. The van der Waals surface area contributed by atoms with Crippen molar-refractivity contribution in [2.75, 3.05) is 26.7 Å². The number of hydrogen-bond acceptors (Lipinski definition) is 3. The van der Waals surface area contributed by atoms with Crippen LogP contribution < -0.4 is 10.6 Å². The van der Waals surface area contributed by atoms with Gasteiger partial charge in [0.25, 0.3) is 0 Å². The number of rotatable bonds is 2. The molecule has 2 aliphatic rings. The molecule has 2 fully saturated rings. The van der Waals surface area contributed by atoms with Crippen molar-refractivity contribution < 1.29 is 4.79 Å². The van der Waals surface area contributed by atoms with Crippen molar-refractivity contribution in [3.63, 3.8) is 0 Å². The van der Waals surface area contributed by atoms with Crippen LogP contribution in [0.2, 0.25) is 0 Å². The Morgan fingerprint density at radius 3 is 2.40 bits per heavy atom. The Balaban J connectivity index is 1.95. The third kappa shape index (κ3) is 3.53. The van der Waals surface area contributed by atoms with E-state index in [0.717, 1.165) is 25.6 Å². The van der Waals surface area contributed by atoms with Crippen LogP contribution in [0.1, 0.15) is 46.5 Å². The molecule has 0 bridgehead atoms. The summed E-state index contributed by atoms with van der Waals surface area (Å²) >= 11 is 0. The number of hydrogen-bond donors (Lipinski definition) is 2. The molecular weight excluding hydrogens is 250 g/mol. The van der Waals surface area contributed by atoms with E-state index >= 15 is 0 Å². The summed E-state index contributed by atoms with van der Waals surface area (Å²) in [5.74, 6) is 0.996. The second-order valence-corrected chi connectivity index (χ2v) is 7.44. The van der Waals surface area contributed by atoms with E-state index in [9.17, 15) is 4.79 Å². The first kappa shape index (κ1) is 15.8. The van der Waals surface area contributed by atoms with Gasteiger partial charge in [0.1, 0.15) is 6.04 Å². The molecule has 2 N–H and O–H groups in total. The monoisotopic (exact) mass is 281 g/mol. The molecule has 1 unspecified atom stereocenters. The maximum Gasteiger partial charge on any atom is 0.238 e. The van der Waals surface area contributed by atoms with Crippen molar-refractivity contribution in [2.24, 2.45) is 11.3 Å². The molecule has 1 saturated heterocycles. The van der Waals surface area contributed by atoms with Gasteiger partial charge < -0.3 is 10.6 Å². The Morgan fingerprint density at radius 2 is 1.85 bits per heavy atom. The quantitative estimate of drug-likeness (QED) is 0.808. The van der Waals surface area contributed by atoms with Crippen molar-refractivity contribution in [3.05, 3.63) is 0 Å². The minimum atomic E-state index is 0.0185. The normalized spacial score (nSPS) is 32.9. The summed E-state index contributed by atoms with van der Waals surface area (Å²) in [4.78, 5) is 14.5. The minimum Gasteiger partial charge on any atom is -0.358 e. The van der Waals surface area contributed by atoms with Crippen LogP contribution in [0.4, 0.5) is 0 Å². The predicted octanol–water partition coefficient (Wildman–Crippen LogP) is 1.61. The van der Waals surface area contributed by atoms with Gasteiger partial charge >= 0.3 is 0 Å². The standard InChI is InChI=1S/C16H31N3O/c1-16(2,3)12-5-7-13(8-6-12)19-10-9-18-11-14(19)15(20)17-4/h12-14,18H,5-11H2,1-4H3,(H,17,20). The number of carbonyl (C=O) groups is 1. The smallest absolute Gasteiger partial charge is 0.238 e. The van der Waals surface area contributed by atoms with E-state index in [1.54, 1.807) is 7.05 Å². The molecule has 4 heteroatoms. The molecule has 1 atom stereocenters. The molecule has 2 rings (SSSR count). The predicted molar refractivity (Wildman–Crippen MR) is 82.6 cm³/mol. The molecule has 0 aromatic carbocycles. The fraction of sp³-hybridized carbons (Fsp3) is 0.938. The lowest BCUT2D eigenvalue weighted by Crippen LogP contribution is -2.60. The molecule has 1 amide bonds. The first-order valence-electron chi connectivity index (χ1n) is 8.11. The first-order valence-corrected chi connectivity index (χ1v) is 8.11. The summed E-state index contributed by atoms with van der Waals surface area (Å²) in [7, 11) is 1.74. The zero-order valence-electron chi connectivity index (χ0n) is 13.5. The number of piperazine rings is 1. The lowest BCUT2D eigenvalue weighted by Gasteiger charge is -2.45. The molecule has 4 nitrogen and oxygen atoms in total. The summed E-state index contributed by atoms with van der Waals surface area (Å²) in [6.07, 6.45) is 5.10. The highest BCUT2D eigenvalue weighted by Crippen LogP contribution is 2.39. The molecule has 1 aliphatic heterocycles. The maximum absolute atomic E-state index is 12.1. The fourth-order valence-electron chi connectivity index (χ4n) is 3.84. The highest BCUT2D eigenvalue weighted by atomic mass is 16.2. The molecule has 1 saturated carbocycles. The molecule has 0 spiro atoms.